The largest absolute Gasteiger partial charge is 0.791 e. The van der Waals surface area contributed by atoms with Gasteiger partial charge in [-0.1, -0.05) is 24.3 Å². The first kappa shape index (κ1) is 39.6. The van der Waals surface area contributed by atoms with Gasteiger partial charge in [0.1, 0.15) is 0 Å². The van der Waals surface area contributed by atoms with Crippen LogP contribution in [0, 0.1) is 0 Å². The maximum atomic E-state index is 9.80. The van der Waals surface area contributed by atoms with Crippen LogP contribution < -0.4 is 11.5 Å². The van der Waals surface area contributed by atoms with Crippen LogP contribution >= 0.6 is 0 Å². The Kier molecular flexibility index (Phi) is 24.1. The van der Waals surface area contributed by atoms with E-state index in [1.807, 2.05) is 72.8 Å². The number of aliphatic carboxylic acids is 2. The van der Waals surface area contributed by atoms with E-state index >= 15 is 0 Å². The van der Waals surface area contributed by atoms with Gasteiger partial charge in [-0.2, -0.15) is 5.75 Å². The van der Waals surface area contributed by atoms with Gasteiger partial charge in [0.15, 0.2) is 6.04 Å². The smallest absolute Gasteiger partial charge is 0.360 e. The van der Waals surface area contributed by atoms with Gasteiger partial charge in [0.05, 0.1) is 28.8 Å². The Morgan fingerprint density at radius 3 is 1.05 bits per heavy atom. The molecule has 4 rings (SSSR count). The molecule has 0 amide bonds. The fourth-order valence-corrected chi connectivity index (χ4v) is 2.48. The predicted molar refractivity (Wildman–Crippen MR) is 149 cm³/mol. The van der Waals surface area contributed by atoms with Gasteiger partial charge in [0.25, 0.3) is 0 Å². The van der Waals surface area contributed by atoms with Crippen LogP contribution in [0.25, 0.3) is 22.8 Å². The second-order valence-electron chi connectivity index (χ2n) is 7.17. The molecule has 0 radical (unpaired) electrons. The summed E-state index contributed by atoms with van der Waals surface area (Å²) < 4.78 is 0. The molecule has 0 spiro atoms. The van der Waals surface area contributed by atoms with Crippen molar-refractivity contribution in [3.63, 3.8) is 0 Å². The second-order valence-corrected chi connectivity index (χ2v) is 7.84. The molecule has 2 unspecified atom stereocenters. The molecule has 0 bridgehead atoms. The normalized spacial score (nSPS) is 10.5. The third-order valence-corrected chi connectivity index (χ3v) is 4.99. The minimum Gasteiger partial charge on any atom is -0.791 e. The van der Waals surface area contributed by atoms with Gasteiger partial charge in [-0.05, 0) is 48.5 Å². The minimum atomic E-state index is -1.03. The molecule has 0 aliphatic heterocycles. The molecule has 4 heterocycles. The second kappa shape index (κ2) is 24.3. The Morgan fingerprint density at radius 1 is 0.650 bits per heavy atom. The Balaban J connectivity index is 0. The van der Waals surface area contributed by atoms with Gasteiger partial charge in [-0.15, -0.1) is 5.75 Å². The average molecular weight is 767 g/mol. The summed E-state index contributed by atoms with van der Waals surface area (Å²) in [5.41, 5.74) is 11.8. The molecule has 0 aromatic carbocycles. The predicted octanol–water partition coefficient (Wildman–Crippen LogP) is 1.46. The fourth-order valence-electron chi connectivity index (χ4n) is 2.20. The summed E-state index contributed by atoms with van der Waals surface area (Å²) in [5.74, 6) is -1.69. The number of quaternary nitrogens is 1. The van der Waals surface area contributed by atoms with Crippen LogP contribution in [0.15, 0.2) is 97.6 Å². The summed E-state index contributed by atoms with van der Waals surface area (Å²) in [5, 5.41) is 16.0. The van der Waals surface area contributed by atoms with Crippen LogP contribution in [0.2, 0.25) is 0 Å². The number of carbonyl (C=O) groups is 2. The number of nitrogens with zero attached hydrogens (tertiary/aromatic N) is 4. The first-order valence-electron chi connectivity index (χ1n) is 11.2. The molecule has 10 nitrogen and oxygen atoms in total. The zero-order chi connectivity index (χ0) is 28.2. The van der Waals surface area contributed by atoms with E-state index in [4.69, 9.17) is 15.9 Å². The van der Waals surface area contributed by atoms with Crippen LogP contribution in [-0.4, -0.2) is 65.7 Å². The van der Waals surface area contributed by atoms with Gasteiger partial charge in [-0.25, -0.2) is 4.79 Å². The number of hydrogen-bond acceptors (Lipinski definition) is 9. The van der Waals surface area contributed by atoms with E-state index in [2.05, 4.69) is 50.9 Å². The third-order valence-electron chi connectivity index (χ3n) is 4.23. The van der Waals surface area contributed by atoms with Crippen LogP contribution in [0.4, 0.5) is 0 Å². The summed E-state index contributed by atoms with van der Waals surface area (Å²) in [6, 6.07) is 21.7. The van der Waals surface area contributed by atoms with Gasteiger partial charge < -0.3 is 46.9 Å². The minimum absolute atomic E-state index is 0. The Morgan fingerprint density at radius 2 is 0.950 bits per heavy atom. The molecule has 0 aliphatic rings. The van der Waals surface area contributed by atoms with Crippen molar-refractivity contribution < 1.29 is 66.4 Å². The van der Waals surface area contributed by atoms with Crippen molar-refractivity contribution in [2.45, 2.75) is 12.1 Å². The van der Waals surface area contributed by atoms with E-state index in [-0.39, 0.29) is 52.4 Å². The summed E-state index contributed by atoms with van der Waals surface area (Å²) >= 11 is 8.75. The first-order chi connectivity index (χ1) is 18.3. The van der Waals surface area contributed by atoms with E-state index in [9.17, 15) is 9.59 Å². The summed E-state index contributed by atoms with van der Waals surface area (Å²) in [6.45, 7) is 0. The molecule has 2 atom stereocenters. The van der Waals surface area contributed by atoms with E-state index < -0.39 is 24.0 Å². The van der Waals surface area contributed by atoms with Crippen molar-refractivity contribution in [1.82, 2.24) is 19.9 Å². The van der Waals surface area contributed by atoms with Gasteiger partial charge in [0, 0.05) is 65.6 Å². The molecule has 220 valence electrons. The van der Waals surface area contributed by atoms with Crippen LogP contribution in [-0.2, 0) is 75.7 Å². The SMILES string of the molecule is NC(C[S-])C(=O)O.[NH3+]C(C[S-])C(=O)O.[Pd].[Pd].c1ccc(-c2ccccn2)nc1.c1ccc(-c2ccccn2)nc1. The molecule has 0 saturated heterocycles. The van der Waals surface area contributed by atoms with E-state index in [1.165, 1.54) is 0 Å². The van der Waals surface area contributed by atoms with Crippen molar-refractivity contribution in [2.24, 2.45) is 5.73 Å². The Hall–Kier alpha value is -2.52. The van der Waals surface area contributed by atoms with Gasteiger partial charge >= 0.3 is 11.9 Å². The van der Waals surface area contributed by atoms with Gasteiger partial charge in [0.2, 0.25) is 0 Å². The van der Waals surface area contributed by atoms with Crippen molar-refractivity contribution in [1.29, 1.82) is 0 Å². The van der Waals surface area contributed by atoms with E-state index in [0.717, 1.165) is 22.8 Å². The van der Waals surface area contributed by atoms with E-state index in [0.29, 0.717) is 0 Å². The van der Waals surface area contributed by atoms with Crippen molar-refractivity contribution >= 4 is 37.2 Å². The molecule has 0 aliphatic carbocycles. The first-order valence-corrected chi connectivity index (χ1v) is 12.3. The van der Waals surface area contributed by atoms with Crippen LogP contribution in [0.5, 0.6) is 0 Å². The maximum Gasteiger partial charge on any atom is 0.360 e. The van der Waals surface area contributed by atoms with Crippen LogP contribution in [0.1, 0.15) is 0 Å². The Labute approximate surface area is 271 Å². The quantitative estimate of drug-likeness (QED) is 0.165. The zero-order valence-corrected chi connectivity index (χ0v) is 25.8. The molecular formula is C26H29N6O4Pd2S2-. The molecule has 40 heavy (non-hydrogen) atoms. The maximum absolute atomic E-state index is 9.80. The van der Waals surface area contributed by atoms with Crippen LogP contribution in [0.3, 0.4) is 0 Å². The van der Waals surface area contributed by atoms with Gasteiger partial charge in [-0.3, -0.25) is 24.7 Å². The molecule has 4 aromatic rings. The molecule has 14 heteroatoms. The number of pyridine rings is 4. The molecule has 0 fully saturated rings. The molecule has 7 N–H and O–H groups in total. The number of carboxylic acid groups (broad SMARTS) is 2. The monoisotopic (exact) mass is 765 g/mol. The summed E-state index contributed by atoms with van der Waals surface area (Å²) in [6.07, 6.45) is 7.07. The number of aromatic nitrogens is 4. The number of nitrogens with two attached hydrogens (primary N) is 1. The number of rotatable bonds is 6. The standard InChI is InChI=1S/2C10H8N2.2C3H7NO2S.2Pd/c2*1-3-7-11-9(5-1)10-6-2-4-8-12-10;2*4-2(1-7)3(5)6;;/h2*1-8H;2*2,7H,1,4H2,(H,5,6);;/p-1. The third kappa shape index (κ3) is 17.2. The summed E-state index contributed by atoms with van der Waals surface area (Å²) in [7, 11) is 0. The fraction of sp³-hybridized carbons (Fsp3) is 0.154. The number of carboxylic acids is 2. The topological polar surface area (TPSA) is 180 Å². The molecular weight excluding hydrogens is 737 g/mol. The van der Waals surface area contributed by atoms with E-state index in [1.54, 1.807) is 24.8 Å². The molecule has 0 saturated carbocycles. The molecule has 4 aromatic heterocycles. The summed E-state index contributed by atoms with van der Waals surface area (Å²) in [4.78, 5) is 36.3. The Bertz CT molecular complexity index is 1020. The van der Waals surface area contributed by atoms with Crippen molar-refractivity contribution in [3.05, 3.63) is 97.6 Å². The van der Waals surface area contributed by atoms with Crippen molar-refractivity contribution in [2.75, 3.05) is 11.5 Å². The number of hydrogen-bond donors (Lipinski definition) is 4. The average Bonchev–Trinajstić information content (AvgIpc) is 2.99. The zero-order valence-electron chi connectivity index (χ0n) is 21.0. The van der Waals surface area contributed by atoms with Crippen molar-refractivity contribution in [3.8, 4) is 22.8 Å².